The van der Waals surface area contributed by atoms with E-state index in [-0.39, 0.29) is 36.2 Å². The number of nitrogens with two attached hydrogens (primary N) is 1. The van der Waals surface area contributed by atoms with Crippen molar-refractivity contribution in [3.05, 3.63) is 35.1 Å². The third-order valence-electron chi connectivity index (χ3n) is 3.55. The van der Waals surface area contributed by atoms with E-state index in [1.807, 2.05) is 6.92 Å². The molecule has 106 valence electrons. The number of carbonyl (C=O) groups excluding carboxylic acids is 1. The normalized spacial score (nSPS) is 22.5. The van der Waals surface area contributed by atoms with Crippen molar-refractivity contribution in [2.75, 3.05) is 0 Å². The molecule has 0 aliphatic heterocycles. The first-order valence-electron chi connectivity index (χ1n) is 6.39. The van der Waals surface area contributed by atoms with Crippen LogP contribution in [0.25, 0.3) is 0 Å². The minimum absolute atomic E-state index is 0. The van der Waals surface area contributed by atoms with Crippen molar-refractivity contribution in [2.24, 2.45) is 5.73 Å². The van der Waals surface area contributed by atoms with E-state index < -0.39 is 0 Å². The minimum Gasteiger partial charge on any atom is -0.349 e. The highest BCUT2D eigenvalue weighted by molar-refractivity contribution is 5.95. The number of benzene rings is 1. The molecule has 0 heterocycles. The number of hydrogen-bond donors (Lipinski definition) is 2. The van der Waals surface area contributed by atoms with Gasteiger partial charge in [-0.1, -0.05) is 6.07 Å². The van der Waals surface area contributed by atoms with E-state index in [9.17, 15) is 9.18 Å². The molecule has 0 saturated heterocycles. The van der Waals surface area contributed by atoms with Gasteiger partial charge >= 0.3 is 0 Å². The molecule has 0 radical (unpaired) electrons. The van der Waals surface area contributed by atoms with Gasteiger partial charge in [0.25, 0.3) is 5.91 Å². The molecule has 1 fully saturated rings. The first-order chi connectivity index (χ1) is 8.56. The van der Waals surface area contributed by atoms with Gasteiger partial charge in [-0.2, -0.15) is 0 Å². The van der Waals surface area contributed by atoms with Crippen molar-refractivity contribution in [2.45, 2.75) is 44.7 Å². The van der Waals surface area contributed by atoms with Crippen LogP contribution in [0.15, 0.2) is 18.2 Å². The summed E-state index contributed by atoms with van der Waals surface area (Å²) in [5.41, 5.74) is 7.03. The first-order valence-corrected chi connectivity index (χ1v) is 6.39. The maximum absolute atomic E-state index is 13.1. The monoisotopic (exact) mass is 286 g/mol. The van der Waals surface area contributed by atoms with Gasteiger partial charge in [0, 0.05) is 17.6 Å². The van der Waals surface area contributed by atoms with Gasteiger partial charge in [0.15, 0.2) is 0 Å². The number of halogens is 2. The van der Waals surface area contributed by atoms with E-state index in [1.165, 1.54) is 12.1 Å². The van der Waals surface area contributed by atoms with Gasteiger partial charge in [-0.15, -0.1) is 12.4 Å². The van der Waals surface area contributed by atoms with Crippen LogP contribution in [0.5, 0.6) is 0 Å². The highest BCUT2D eigenvalue weighted by Gasteiger charge is 2.21. The van der Waals surface area contributed by atoms with E-state index in [4.69, 9.17) is 5.73 Å². The molecule has 1 aromatic rings. The third kappa shape index (κ3) is 4.18. The van der Waals surface area contributed by atoms with E-state index in [0.29, 0.717) is 5.56 Å². The Morgan fingerprint density at radius 1 is 1.32 bits per heavy atom. The van der Waals surface area contributed by atoms with Gasteiger partial charge in [0.2, 0.25) is 0 Å². The SMILES string of the molecule is Cc1ccc(F)cc1C(=O)NC1CCC(N)CC1.Cl. The largest absolute Gasteiger partial charge is 0.349 e. The fourth-order valence-corrected chi connectivity index (χ4v) is 2.37. The maximum atomic E-state index is 13.1. The lowest BCUT2D eigenvalue weighted by atomic mass is 9.91. The second-order valence-electron chi connectivity index (χ2n) is 5.04. The van der Waals surface area contributed by atoms with Crippen molar-refractivity contribution >= 4 is 18.3 Å². The summed E-state index contributed by atoms with van der Waals surface area (Å²) in [6.45, 7) is 1.81. The van der Waals surface area contributed by atoms with Gasteiger partial charge in [0.05, 0.1) is 0 Å². The standard InChI is InChI=1S/C14H19FN2O.ClH/c1-9-2-3-10(15)8-13(9)14(18)17-12-6-4-11(16)5-7-12;/h2-3,8,11-12H,4-7,16H2,1H3,(H,17,18);1H. The average molecular weight is 287 g/mol. The van der Waals surface area contributed by atoms with Crippen molar-refractivity contribution < 1.29 is 9.18 Å². The maximum Gasteiger partial charge on any atom is 0.251 e. The van der Waals surface area contributed by atoms with Crippen molar-refractivity contribution in [3.63, 3.8) is 0 Å². The molecule has 19 heavy (non-hydrogen) atoms. The Hall–Kier alpha value is -1.13. The van der Waals surface area contributed by atoms with Crippen molar-refractivity contribution in [1.82, 2.24) is 5.32 Å². The third-order valence-corrected chi connectivity index (χ3v) is 3.55. The minimum atomic E-state index is -0.378. The average Bonchev–Trinajstić information content (AvgIpc) is 2.35. The molecule has 1 amide bonds. The molecule has 1 aliphatic carbocycles. The van der Waals surface area contributed by atoms with Gasteiger partial charge in [0.1, 0.15) is 5.82 Å². The van der Waals surface area contributed by atoms with Crippen LogP contribution in [0, 0.1) is 12.7 Å². The zero-order chi connectivity index (χ0) is 13.1. The van der Waals surface area contributed by atoms with Crippen LogP contribution in [0.1, 0.15) is 41.6 Å². The Kier molecular flexibility index (Phi) is 5.76. The van der Waals surface area contributed by atoms with Gasteiger partial charge in [-0.05, 0) is 50.3 Å². The molecule has 3 nitrogen and oxygen atoms in total. The molecular formula is C14H20ClFN2O. The molecule has 3 N–H and O–H groups in total. The second-order valence-corrected chi connectivity index (χ2v) is 5.04. The first kappa shape index (κ1) is 15.9. The quantitative estimate of drug-likeness (QED) is 0.878. The van der Waals surface area contributed by atoms with Crippen LogP contribution in [0.2, 0.25) is 0 Å². The summed E-state index contributed by atoms with van der Waals surface area (Å²) in [4.78, 5) is 12.1. The Morgan fingerprint density at radius 3 is 2.58 bits per heavy atom. The Labute approximate surface area is 119 Å². The van der Waals surface area contributed by atoms with Crippen LogP contribution in [0.4, 0.5) is 4.39 Å². The van der Waals surface area contributed by atoms with E-state index in [2.05, 4.69) is 5.32 Å². The summed E-state index contributed by atoms with van der Waals surface area (Å²) in [7, 11) is 0. The zero-order valence-corrected chi connectivity index (χ0v) is 11.8. The predicted octanol–water partition coefficient (Wildman–Crippen LogP) is 2.56. The summed E-state index contributed by atoms with van der Waals surface area (Å²) in [5.74, 6) is -0.566. The summed E-state index contributed by atoms with van der Waals surface area (Å²) < 4.78 is 13.1. The molecular weight excluding hydrogens is 267 g/mol. The van der Waals surface area contributed by atoms with Gasteiger partial charge in [-0.25, -0.2) is 4.39 Å². The molecule has 5 heteroatoms. The second kappa shape index (κ2) is 6.87. The fourth-order valence-electron chi connectivity index (χ4n) is 2.37. The molecule has 1 saturated carbocycles. The van der Waals surface area contributed by atoms with Gasteiger partial charge < -0.3 is 11.1 Å². The zero-order valence-electron chi connectivity index (χ0n) is 11.0. The molecule has 0 spiro atoms. The molecule has 1 aliphatic rings. The number of aryl methyl sites for hydroxylation is 1. The summed E-state index contributed by atoms with van der Waals surface area (Å²) in [5, 5.41) is 2.96. The highest BCUT2D eigenvalue weighted by Crippen LogP contribution is 2.18. The van der Waals surface area contributed by atoms with Gasteiger partial charge in [-0.3, -0.25) is 4.79 Å². The van der Waals surface area contributed by atoms with Crippen LogP contribution in [0.3, 0.4) is 0 Å². The summed E-state index contributed by atoms with van der Waals surface area (Å²) in [6.07, 6.45) is 3.68. The fraction of sp³-hybridized carbons (Fsp3) is 0.500. The molecule has 0 unspecified atom stereocenters. The van der Waals surface area contributed by atoms with E-state index in [1.54, 1.807) is 6.07 Å². The molecule has 0 atom stereocenters. The van der Waals surface area contributed by atoms with Crippen molar-refractivity contribution in [1.29, 1.82) is 0 Å². The Bertz CT molecular complexity index is 445. The molecule has 1 aromatic carbocycles. The molecule has 2 rings (SSSR count). The van der Waals surface area contributed by atoms with E-state index in [0.717, 1.165) is 31.2 Å². The van der Waals surface area contributed by atoms with Crippen LogP contribution >= 0.6 is 12.4 Å². The van der Waals surface area contributed by atoms with Crippen LogP contribution in [-0.4, -0.2) is 18.0 Å². The lowest BCUT2D eigenvalue weighted by Crippen LogP contribution is -2.40. The topological polar surface area (TPSA) is 55.1 Å². The number of carbonyl (C=O) groups is 1. The molecule has 0 bridgehead atoms. The number of rotatable bonds is 2. The molecule has 0 aromatic heterocycles. The Balaban J connectivity index is 0.00000180. The summed E-state index contributed by atoms with van der Waals surface area (Å²) in [6, 6.07) is 4.71. The van der Waals surface area contributed by atoms with E-state index >= 15 is 0 Å². The Morgan fingerprint density at radius 2 is 1.95 bits per heavy atom. The lowest BCUT2D eigenvalue weighted by Gasteiger charge is -2.27. The highest BCUT2D eigenvalue weighted by atomic mass is 35.5. The lowest BCUT2D eigenvalue weighted by molar-refractivity contribution is 0.0925. The predicted molar refractivity (Wildman–Crippen MR) is 76.1 cm³/mol. The number of amides is 1. The smallest absolute Gasteiger partial charge is 0.251 e. The van der Waals surface area contributed by atoms with Crippen molar-refractivity contribution in [3.8, 4) is 0 Å². The van der Waals surface area contributed by atoms with Crippen LogP contribution < -0.4 is 11.1 Å². The number of hydrogen-bond acceptors (Lipinski definition) is 2. The van der Waals surface area contributed by atoms with Crippen LogP contribution in [-0.2, 0) is 0 Å². The summed E-state index contributed by atoms with van der Waals surface area (Å²) >= 11 is 0. The number of nitrogens with one attached hydrogen (secondary N) is 1.